The highest BCUT2D eigenvalue weighted by Gasteiger charge is 2.72. The Balaban J connectivity index is 1.40. The lowest BCUT2D eigenvalue weighted by molar-refractivity contribution is -0.130. The molecule has 1 N–H and O–H groups in total. The van der Waals surface area contributed by atoms with Crippen LogP contribution in [0.3, 0.4) is 0 Å². The van der Waals surface area contributed by atoms with Gasteiger partial charge in [-0.15, -0.1) is 0 Å². The Labute approximate surface area is 207 Å². The van der Waals surface area contributed by atoms with E-state index in [0.717, 1.165) is 10.7 Å². The zero-order valence-electron chi connectivity index (χ0n) is 21.1. The number of allylic oxidation sites excluding steroid dienone is 1. The first-order valence-corrected chi connectivity index (χ1v) is 13.6. The van der Waals surface area contributed by atoms with Gasteiger partial charge >= 0.3 is 16.3 Å². The second-order valence-corrected chi connectivity index (χ2v) is 12.0. The SMILES string of the molecule is CO[C@H]1[C@H](C2(C)O[C@@H]2CC=C(C)C)[C@]2(CC[C@H]1OC(=O)NS(=O)(=O)N1CCN(C(C)=O)CC1)CO2. The fraction of sp³-hybridized carbons (Fsp3) is 0.826. The van der Waals surface area contributed by atoms with Crippen molar-refractivity contribution in [1.29, 1.82) is 0 Å². The van der Waals surface area contributed by atoms with Crippen LogP contribution in [0.2, 0.25) is 0 Å². The Kier molecular flexibility index (Phi) is 7.24. The molecule has 0 aromatic heterocycles. The van der Waals surface area contributed by atoms with Crippen molar-refractivity contribution in [1.82, 2.24) is 13.9 Å². The predicted molar refractivity (Wildman–Crippen MR) is 126 cm³/mol. The minimum atomic E-state index is -4.10. The first-order valence-electron chi connectivity index (χ1n) is 12.1. The molecular formula is C23H37N3O8S. The fourth-order valence-electron chi connectivity index (χ4n) is 5.64. The first-order chi connectivity index (χ1) is 16.4. The first kappa shape index (κ1) is 26.3. The summed E-state index contributed by atoms with van der Waals surface area (Å²) in [5.74, 6) is -0.265. The molecule has 1 saturated carbocycles. The van der Waals surface area contributed by atoms with E-state index in [4.69, 9.17) is 18.9 Å². The molecule has 12 heteroatoms. The molecule has 11 nitrogen and oxygen atoms in total. The van der Waals surface area contributed by atoms with Crippen LogP contribution in [0.5, 0.6) is 0 Å². The number of piperazine rings is 1. The van der Waals surface area contributed by atoms with E-state index < -0.39 is 34.1 Å². The molecule has 6 atom stereocenters. The van der Waals surface area contributed by atoms with Crippen LogP contribution in [0.4, 0.5) is 4.79 Å². The van der Waals surface area contributed by atoms with E-state index in [-0.39, 0.29) is 49.7 Å². The van der Waals surface area contributed by atoms with Crippen molar-refractivity contribution in [2.24, 2.45) is 5.92 Å². The molecule has 35 heavy (non-hydrogen) atoms. The van der Waals surface area contributed by atoms with E-state index in [1.165, 1.54) is 12.5 Å². The van der Waals surface area contributed by atoms with Crippen LogP contribution in [-0.2, 0) is 34.0 Å². The monoisotopic (exact) mass is 515 g/mol. The summed E-state index contributed by atoms with van der Waals surface area (Å²) < 4.78 is 52.1. The third-order valence-corrected chi connectivity index (χ3v) is 9.20. The van der Waals surface area contributed by atoms with E-state index in [1.54, 1.807) is 12.0 Å². The van der Waals surface area contributed by atoms with Crippen LogP contribution in [0.1, 0.15) is 47.0 Å². The number of rotatable bonds is 7. The average Bonchev–Trinajstić information content (AvgIpc) is 3.70. The van der Waals surface area contributed by atoms with Gasteiger partial charge in [-0.3, -0.25) is 4.79 Å². The van der Waals surface area contributed by atoms with Crippen molar-refractivity contribution in [2.75, 3.05) is 39.9 Å². The lowest BCUT2D eigenvalue weighted by atomic mass is 9.68. The van der Waals surface area contributed by atoms with Gasteiger partial charge < -0.3 is 23.8 Å². The molecule has 1 aliphatic carbocycles. The van der Waals surface area contributed by atoms with Gasteiger partial charge in [0.15, 0.2) is 0 Å². The van der Waals surface area contributed by atoms with E-state index >= 15 is 0 Å². The highest BCUT2D eigenvalue weighted by atomic mass is 32.2. The smallest absolute Gasteiger partial charge is 0.422 e. The van der Waals surface area contributed by atoms with Crippen LogP contribution in [0.25, 0.3) is 0 Å². The number of carbonyl (C=O) groups is 2. The van der Waals surface area contributed by atoms with Gasteiger partial charge in [0.2, 0.25) is 5.91 Å². The second kappa shape index (κ2) is 9.62. The zero-order valence-corrected chi connectivity index (χ0v) is 21.9. The van der Waals surface area contributed by atoms with Gasteiger partial charge in [0.1, 0.15) is 23.4 Å². The predicted octanol–water partition coefficient (Wildman–Crippen LogP) is 1.20. The summed E-state index contributed by atoms with van der Waals surface area (Å²) in [6.07, 6.45) is 1.92. The van der Waals surface area contributed by atoms with Gasteiger partial charge in [-0.2, -0.15) is 12.7 Å². The Morgan fingerprint density at radius 3 is 2.37 bits per heavy atom. The van der Waals surface area contributed by atoms with E-state index in [2.05, 4.69) is 6.08 Å². The lowest BCUT2D eigenvalue weighted by Crippen LogP contribution is -2.57. The van der Waals surface area contributed by atoms with Crippen LogP contribution >= 0.6 is 0 Å². The summed E-state index contributed by atoms with van der Waals surface area (Å²) in [7, 11) is -2.53. The van der Waals surface area contributed by atoms with Gasteiger partial charge in [-0.25, -0.2) is 9.52 Å². The van der Waals surface area contributed by atoms with Gasteiger partial charge in [-0.05, 0) is 40.0 Å². The molecule has 4 fully saturated rings. The Hall–Kier alpha value is -1.73. The molecule has 0 bridgehead atoms. The minimum absolute atomic E-state index is 0.0164. The summed E-state index contributed by atoms with van der Waals surface area (Å²) in [6, 6.07) is 0. The Bertz CT molecular complexity index is 969. The van der Waals surface area contributed by atoms with Crippen molar-refractivity contribution >= 4 is 22.2 Å². The molecule has 4 rings (SSSR count). The van der Waals surface area contributed by atoms with E-state index in [1.807, 2.05) is 25.5 Å². The van der Waals surface area contributed by atoms with Gasteiger partial charge in [0, 0.05) is 40.2 Å². The maximum atomic E-state index is 12.7. The summed E-state index contributed by atoms with van der Waals surface area (Å²) in [4.78, 5) is 25.7. The standard InChI is InChI=1S/C23H37N3O8S/c1-15(2)6-7-18-22(4,34-18)20-19(31-5)17(8-9-23(20)14-32-23)33-21(28)24-35(29,30)26-12-10-25(11-13-26)16(3)27/h6,17-20H,7-14H2,1-5H3,(H,24,28)/t17-,18-,19-,20-,22?,23+/m1/s1. The van der Waals surface area contributed by atoms with Gasteiger partial charge in [0.25, 0.3) is 0 Å². The summed E-state index contributed by atoms with van der Waals surface area (Å²) >= 11 is 0. The number of nitrogens with zero attached hydrogens (tertiary/aromatic N) is 2. The zero-order chi connectivity index (χ0) is 25.6. The number of nitrogens with one attached hydrogen (secondary N) is 1. The minimum Gasteiger partial charge on any atom is -0.443 e. The van der Waals surface area contributed by atoms with Crippen LogP contribution in [0, 0.1) is 5.92 Å². The van der Waals surface area contributed by atoms with Crippen molar-refractivity contribution < 1.29 is 37.0 Å². The highest BCUT2D eigenvalue weighted by molar-refractivity contribution is 7.87. The topological polar surface area (TPSA) is 130 Å². The number of hydrogen-bond donors (Lipinski definition) is 1. The van der Waals surface area contributed by atoms with E-state index in [0.29, 0.717) is 19.4 Å². The molecule has 0 aromatic rings. The molecule has 1 unspecified atom stereocenters. The number of ether oxygens (including phenoxy) is 4. The molecule has 4 aliphatic rings. The number of hydrogen-bond acceptors (Lipinski definition) is 8. The second-order valence-electron chi connectivity index (χ2n) is 10.3. The third-order valence-electron chi connectivity index (χ3n) is 7.73. The Morgan fingerprint density at radius 2 is 1.83 bits per heavy atom. The average molecular weight is 516 g/mol. The molecule has 0 radical (unpaired) electrons. The van der Waals surface area contributed by atoms with Gasteiger partial charge in [0.05, 0.1) is 18.6 Å². The molecule has 198 valence electrons. The molecular weight excluding hydrogens is 478 g/mol. The van der Waals surface area contributed by atoms with Crippen molar-refractivity contribution in [3.8, 4) is 0 Å². The summed E-state index contributed by atoms with van der Waals surface area (Å²) in [6.45, 7) is 8.94. The number of amides is 2. The molecule has 3 heterocycles. The molecule has 0 aromatic carbocycles. The van der Waals surface area contributed by atoms with Crippen molar-refractivity contribution in [2.45, 2.75) is 76.5 Å². The highest BCUT2D eigenvalue weighted by Crippen LogP contribution is 2.59. The van der Waals surface area contributed by atoms with E-state index in [9.17, 15) is 18.0 Å². The van der Waals surface area contributed by atoms with Gasteiger partial charge in [-0.1, -0.05) is 11.6 Å². The molecule has 3 aliphatic heterocycles. The quantitative estimate of drug-likeness (QED) is 0.395. The maximum absolute atomic E-state index is 12.7. The third kappa shape index (κ3) is 5.36. The number of methoxy groups -OCH3 is 1. The molecule has 2 amide bonds. The number of epoxide rings is 2. The van der Waals surface area contributed by atoms with Crippen LogP contribution < -0.4 is 4.72 Å². The van der Waals surface area contributed by atoms with Crippen LogP contribution in [-0.4, -0.2) is 99.0 Å². The van der Waals surface area contributed by atoms with Crippen molar-refractivity contribution in [3.05, 3.63) is 11.6 Å². The van der Waals surface area contributed by atoms with Crippen LogP contribution in [0.15, 0.2) is 11.6 Å². The number of carbonyl (C=O) groups excluding carboxylic acids is 2. The Morgan fingerprint density at radius 1 is 1.17 bits per heavy atom. The molecule has 1 spiro atoms. The van der Waals surface area contributed by atoms with Crippen molar-refractivity contribution in [3.63, 3.8) is 0 Å². The summed E-state index contributed by atoms with van der Waals surface area (Å²) in [5.41, 5.74) is 0.367. The largest absolute Gasteiger partial charge is 0.443 e. The normalized spacial score (nSPS) is 37.0. The maximum Gasteiger partial charge on any atom is 0.422 e. The molecule has 3 saturated heterocycles. The fourth-order valence-corrected chi connectivity index (χ4v) is 6.68. The summed E-state index contributed by atoms with van der Waals surface area (Å²) in [5, 5.41) is 0. The lowest BCUT2D eigenvalue weighted by Gasteiger charge is -2.42.